The van der Waals surface area contributed by atoms with Crippen LogP contribution in [-0.2, 0) is 9.53 Å². The van der Waals surface area contributed by atoms with Gasteiger partial charge in [0, 0.05) is 10.9 Å². The van der Waals surface area contributed by atoms with Gasteiger partial charge in [-0.1, -0.05) is 64.5 Å². The standard InChI is InChI=1S/C18H15BrO3/c19-15-8-6-13(7-9-15)10-11-18(21)12-16(22-17(18)20)14-4-2-1-3-5-14/h1-11,16,21H,12H2/b11-10+/t16-,18+/m0/s1. The van der Waals surface area contributed by atoms with Crippen molar-refractivity contribution in [2.75, 3.05) is 0 Å². The number of hydrogen-bond acceptors (Lipinski definition) is 3. The number of ether oxygens (including phenoxy) is 1. The van der Waals surface area contributed by atoms with Gasteiger partial charge in [-0.2, -0.15) is 0 Å². The summed E-state index contributed by atoms with van der Waals surface area (Å²) in [6.07, 6.45) is 3.07. The minimum Gasteiger partial charge on any atom is -0.455 e. The molecule has 0 aromatic heterocycles. The van der Waals surface area contributed by atoms with E-state index in [0.717, 1.165) is 15.6 Å². The van der Waals surface area contributed by atoms with E-state index in [1.165, 1.54) is 6.08 Å². The summed E-state index contributed by atoms with van der Waals surface area (Å²) in [4.78, 5) is 12.0. The van der Waals surface area contributed by atoms with Gasteiger partial charge in [-0.15, -0.1) is 0 Å². The Morgan fingerprint density at radius 2 is 1.82 bits per heavy atom. The van der Waals surface area contributed by atoms with Crippen LogP contribution in [0.25, 0.3) is 6.08 Å². The summed E-state index contributed by atoms with van der Waals surface area (Å²) in [5.41, 5.74) is 0.226. The second-order valence-electron chi connectivity index (χ2n) is 5.32. The molecule has 1 saturated heterocycles. The third-order valence-electron chi connectivity index (χ3n) is 3.69. The lowest BCUT2D eigenvalue weighted by Crippen LogP contribution is -2.31. The number of esters is 1. The SMILES string of the molecule is O=C1O[C@H](c2ccccc2)C[C@]1(O)/C=C/c1ccc(Br)cc1. The topological polar surface area (TPSA) is 46.5 Å². The summed E-state index contributed by atoms with van der Waals surface area (Å²) < 4.78 is 6.30. The van der Waals surface area contributed by atoms with Gasteiger partial charge >= 0.3 is 5.97 Å². The van der Waals surface area contributed by atoms with Crippen LogP contribution in [0.15, 0.2) is 65.1 Å². The number of aliphatic hydroxyl groups is 1. The summed E-state index contributed by atoms with van der Waals surface area (Å²) in [7, 11) is 0. The molecule has 2 aromatic carbocycles. The minimum atomic E-state index is -1.58. The molecule has 112 valence electrons. The van der Waals surface area contributed by atoms with Gasteiger partial charge in [0.1, 0.15) is 6.10 Å². The molecule has 4 heteroatoms. The van der Waals surface area contributed by atoms with E-state index < -0.39 is 17.7 Å². The molecule has 0 saturated carbocycles. The van der Waals surface area contributed by atoms with Crippen molar-refractivity contribution < 1.29 is 14.6 Å². The molecule has 1 fully saturated rings. The Labute approximate surface area is 137 Å². The number of hydrogen-bond donors (Lipinski definition) is 1. The average molecular weight is 359 g/mol. The molecular weight excluding hydrogens is 344 g/mol. The molecule has 1 N–H and O–H groups in total. The summed E-state index contributed by atoms with van der Waals surface area (Å²) in [6, 6.07) is 17.1. The van der Waals surface area contributed by atoms with E-state index in [1.807, 2.05) is 54.6 Å². The first-order valence-electron chi connectivity index (χ1n) is 7.00. The minimum absolute atomic E-state index is 0.225. The van der Waals surface area contributed by atoms with E-state index in [0.29, 0.717) is 0 Å². The molecule has 3 rings (SSSR count). The van der Waals surface area contributed by atoms with Gasteiger partial charge in [-0.05, 0) is 29.3 Å². The van der Waals surface area contributed by atoms with Crippen LogP contribution in [0.3, 0.4) is 0 Å². The van der Waals surface area contributed by atoms with Crippen molar-refractivity contribution in [3.63, 3.8) is 0 Å². The number of cyclic esters (lactones) is 1. The Hall–Kier alpha value is -1.91. The van der Waals surface area contributed by atoms with Crippen molar-refractivity contribution in [2.45, 2.75) is 18.1 Å². The number of carbonyl (C=O) groups excluding carboxylic acids is 1. The third-order valence-corrected chi connectivity index (χ3v) is 4.22. The van der Waals surface area contributed by atoms with Crippen LogP contribution < -0.4 is 0 Å². The van der Waals surface area contributed by atoms with E-state index in [9.17, 15) is 9.90 Å². The molecule has 1 heterocycles. The van der Waals surface area contributed by atoms with Crippen LogP contribution in [0, 0.1) is 0 Å². The average Bonchev–Trinajstić information content (AvgIpc) is 2.84. The molecule has 0 spiro atoms. The van der Waals surface area contributed by atoms with Crippen molar-refractivity contribution >= 4 is 28.0 Å². The van der Waals surface area contributed by atoms with Crippen molar-refractivity contribution in [1.82, 2.24) is 0 Å². The smallest absolute Gasteiger partial charge is 0.342 e. The van der Waals surface area contributed by atoms with Gasteiger partial charge in [-0.25, -0.2) is 4.79 Å². The highest BCUT2D eigenvalue weighted by Gasteiger charge is 2.46. The van der Waals surface area contributed by atoms with Gasteiger partial charge < -0.3 is 9.84 Å². The third kappa shape index (κ3) is 3.13. The molecule has 0 bridgehead atoms. The van der Waals surface area contributed by atoms with Crippen LogP contribution in [0.1, 0.15) is 23.7 Å². The quantitative estimate of drug-likeness (QED) is 0.846. The van der Waals surface area contributed by atoms with Crippen molar-refractivity contribution in [1.29, 1.82) is 0 Å². The van der Waals surface area contributed by atoms with E-state index in [4.69, 9.17) is 4.74 Å². The summed E-state index contributed by atoms with van der Waals surface area (Å²) in [5.74, 6) is -0.602. The fraction of sp³-hybridized carbons (Fsp3) is 0.167. The second-order valence-corrected chi connectivity index (χ2v) is 6.23. The summed E-state index contributed by atoms with van der Waals surface area (Å²) in [6.45, 7) is 0. The van der Waals surface area contributed by atoms with Crippen LogP contribution in [0.4, 0.5) is 0 Å². The Bertz CT molecular complexity index is 694. The van der Waals surface area contributed by atoms with E-state index >= 15 is 0 Å². The van der Waals surface area contributed by atoms with E-state index in [-0.39, 0.29) is 6.42 Å². The highest BCUT2D eigenvalue weighted by atomic mass is 79.9. The summed E-state index contributed by atoms with van der Waals surface area (Å²) in [5, 5.41) is 10.5. The zero-order valence-corrected chi connectivity index (χ0v) is 13.4. The van der Waals surface area contributed by atoms with E-state index in [1.54, 1.807) is 6.08 Å². The number of benzene rings is 2. The van der Waals surface area contributed by atoms with Gasteiger partial charge in [0.25, 0.3) is 0 Å². The molecule has 0 amide bonds. The summed E-state index contributed by atoms with van der Waals surface area (Å²) >= 11 is 3.37. The van der Waals surface area contributed by atoms with Crippen LogP contribution in [0.2, 0.25) is 0 Å². The molecule has 2 aromatic rings. The van der Waals surface area contributed by atoms with Crippen LogP contribution >= 0.6 is 15.9 Å². The number of halogens is 1. The Balaban J connectivity index is 1.78. The maximum atomic E-state index is 12.0. The highest BCUT2D eigenvalue weighted by molar-refractivity contribution is 9.10. The first-order valence-corrected chi connectivity index (χ1v) is 7.79. The molecule has 2 atom stereocenters. The Kier molecular flexibility index (Phi) is 4.14. The fourth-order valence-electron chi connectivity index (χ4n) is 2.44. The van der Waals surface area contributed by atoms with Gasteiger partial charge in [0.15, 0.2) is 5.60 Å². The molecule has 1 aliphatic rings. The predicted octanol–water partition coefficient (Wildman–Crippen LogP) is 3.88. The zero-order valence-electron chi connectivity index (χ0n) is 11.8. The normalized spacial score (nSPS) is 24.6. The van der Waals surface area contributed by atoms with Crippen molar-refractivity contribution in [2.24, 2.45) is 0 Å². The van der Waals surface area contributed by atoms with Crippen LogP contribution in [0.5, 0.6) is 0 Å². The highest BCUT2D eigenvalue weighted by Crippen LogP contribution is 2.37. The van der Waals surface area contributed by atoms with Gasteiger partial charge in [0.05, 0.1) is 0 Å². The molecule has 0 radical (unpaired) electrons. The fourth-order valence-corrected chi connectivity index (χ4v) is 2.70. The monoisotopic (exact) mass is 358 g/mol. The Morgan fingerprint density at radius 3 is 2.50 bits per heavy atom. The molecule has 3 nitrogen and oxygen atoms in total. The lowest BCUT2D eigenvalue weighted by molar-refractivity contribution is -0.151. The zero-order chi connectivity index (χ0) is 15.6. The maximum Gasteiger partial charge on any atom is 0.342 e. The molecule has 1 aliphatic heterocycles. The molecule has 0 unspecified atom stereocenters. The maximum absolute atomic E-state index is 12.0. The molecule has 22 heavy (non-hydrogen) atoms. The number of rotatable bonds is 3. The number of carbonyl (C=O) groups is 1. The molecule has 0 aliphatic carbocycles. The lowest BCUT2D eigenvalue weighted by atomic mass is 9.95. The van der Waals surface area contributed by atoms with Gasteiger partial charge in [0.2, 0.25) is 0 Å². The Morgan fingerprint density at radius 1 is 1.14 bits per heavy atom. The molecular formula is C18H15BrO3. The van der Waals surface area contributed by atoms with E-state index in [2.05, 4.69) is 15.9 Å². The largest absolute Gasteiger partial charge is 0.455 e. The second kappa shape index (κ2) is 6.07. The van der Waals surface area contributed by atoms with Crippen molar-refractivity contribution in [3.05, 3.63) is 76.3 Å². The lowest BCUT2D eigenvalue weighted by Gasteiger charge is -2.12. The van der Waals surface area contributed by atoms with Crippen molar-refractivity contribution in [3.8, 4) is 0 Å². The van der Waals surface area contributed by atoms with Crippen LogP contribution in [-0.4, -0.2) is 16.7 Å². The van der Waals surface area contributed by atoms with Gasteiger partial charge in [-0.3, -0.25) is 0 Å². The first kappa shape index (κ1) is 15.0. The first-order chi connectivity index (χ1) is 10.6. The predicted molar refractivity (Wildman–Crippen MR) is 88.0 cm³/mol.